The van der Waals surface area contributed by atoms with Crippen molar-refractivity contribution in [2.24, 2.45) is 11.8 Å². The van der Waals surface area contributed by atoms with Gasteiger partial charge in [-0.2, -0.15) is 0 Å². The van der Waals surface area contributed by atoms with Crippen LogP contribution in [0.4, 0.5) is 0 Å². The molecule has 1 heterocycles. The van der Waals surface area contributed by atoms with Crippen LogP contribution in [0.3, 0.4) is 0 Å². The molecule has 0 aromatic heterocycles. The van der Waals surface area contributed by atoms with Crippen LogP contribution in [0.15, 0.2) is 60.7 Å². The van der Waals surface area contributed by atoms with E-state index in [1.165, 1.54) is 11.1 Å². The van der Waals surface area contributed by atoms with Gasteiger partial charge in [0.05, 0.1) is 0 Å². The molecule has 0 radical (unpaired) electrons. The molecule has 184 valence electrons. The topological polar surface area (TPSA) is 58.6 Å². The monoisotopic (exact) mass is 464 g/mol. The number of nitrogens with one attached hydrogen (secondary N) is 1. The van der Waals surface area contributed by atoms with Gasteiger partial charge < -0.3 is 15.0 Å². The molecule has 2 aromatic carbocycles. The smallest absolute Gasteiger partial charge is 0.314 e. The lowest BCUT2D eigenvalue weighted by atomic mass is 9.83. The summed E-state index contributed by atoms with van der Waals surface area (Å²) in [4.78, 5) is 26.8. The van der Waals surface area contributed by atoms with E-state index in [0.717, 1.165) is 58.2 Å². The van der Waals surface area contributed by atoms with E-state index < -0.39 is 6.10 Å². The van der Waals surface area contributed by atoms with Gasteiger partial charge in [-0.05, 0) is 68.8 Å². The number of amides is 1. The molecule has 1 aliphatic heterocycles. The Morgan fingerprint density at radius 3 is 1.94 bits per heavy atom. The first kappa shape index (κ1) is 26.0. The molecule has 2 aromatic rings. The van der Waals surface area contributed by atoms with Crippen molar-refractivity contribution in [2.45, 2.75) is 58.5 Å². The molecular formula is C29H40N2O3. The van der Waals surface area contributed by atoms with E-state index in [0.29, 0.717) is 6.54 Å². The van der Waals surface area contributed by atoms with Crippen LogP contribution in [-0.4, -0.2) is 49.1 Å². The van der Waals surface area contributed by atoms with Crippen LogP contribution < -0.4 is 5.32 Å². The van der Waals surface area contributed by atoms with Gasteiger partial charge in [-0.3, -0.25) is 9.59 Å². The third-order valence-corrected chi connectivity index (χ3v) is 6.87. The van der Waals surface area contributed by atoms with Crippen LogP contribution in [0.2, 0.25) is 0 Å². The lowest BCUT2D eigenvalue weighted by molar-refractivity contribution is -0.193. The number of carbonyl (C=O) groups excluding carboxylic acids is 2. The summed E-state index contributed by atoms with van der Waals surface area (Å²) >= 11 is 0. The molecule has 0 saturated carbocycles. The maximum absolute atomic E-state index is 12.5. The highest BCUT2D eigenvalue weighted by Gasteiger charge is 2.49. The van der Waals surface area contributed by atoms with Crippen LogP contribution in [0.5, 0.6) is 0 Å². The van der Waals surface area contributed by atoms with E-state index in [1.54, 1.807) is 0 Å². The third-order valence-electron chi connectivity index (χ3n) is 6.87. The number of rotatable bonds is 15. The van der Waals surface area contributed by atoms with Crippen LogP contribution in [0, 0.1) is 11.8 Å². The van der Waals surface area contributed by atoms with Gasteiger partial charge in [0.1, 0.15) is 5.92 Å². The van der Waals surface area contributed by atoms with Crippen molar-refractivity contribution in [3.8, 4) is 0 Å². The zero-order valence-electron chi connectivity index (χ0n) is 20.7. The summed E-state index contributed by atoms with van der Waals surface area (Å²) in [5.74, 6) is -0.513. The number of aryl methyl sites for hydroxylation is 2. The minimum absolute atomic E-state index is 0.149. The minimum atomic E-state index is -0.615. The second-order valence-corrected chi connectivity index (χ2v) is 9.43. The average Bonchev–Trinajstić information content (AvgIpc) is 2.85. The molecular weight excluding hydrogens is 424 g/mol. The van der Waals surface area contributed by atoms with E-state index in [1.807, 2.05) is 13.8 Å². The quantitative estimate of drug-likeness (QED) is 0.308. The van der Waals surface area contributed by atoms with Gasteiger partial charge in [0, 0.05) is 6.54 Å². The average molecular weight is 465 g/mol. The number of ether oxygens (including phenoxy) is 1. The molecule has 1 fully saturated rings. The van der Waals surface area contributed by atoms with Crippen molar-refractivity contribution in [3.05, 3.63) is 71.8 Å². The summed E-state index contributed by atoms with van der Waals surface area (Å²) in [5, 5.41) is 2.99. The number of cyclic esters (lactones) is 1. The number of nitrogens with zero attached hydrogens (tertiary/aromatic N) is 1. The fourth-order valence-electron chi connectivity index (χ4n) is 4.58. The van der Waals surface area contributed by atoms with E-state index >= 15 is 0 Å². The van der Waals surface area contributed by atoms with Crippen molar-refractivity contribution < 1.29 is 14.3 Å². The number of hydrogen-bond acceptors (Lipinski definition) is 4. The first-order valence-corrected chi connectivity index (χ1v) is 12.9. The molecule has 3 rings (SSSR count). The normalized spacial score (nSPS) is 18.3. The lowest BCUT2D eigenvalue weighted by Crippen LogP contribution is -2.56. The largest absolute Gasteiger partial charge is 0.451 e. The number of esters is 1. The Morgan fingerprint density at radius 1 is 0.912 bits per heavy atom. The summed E-state index contributed by atoms with van der Waals surface area (Å²) in [5.41, 5.74) is 2.76. The zero-order chi connectivity index (χ0) is 24.2. The predicted octanol–water partition coefficient (Wildman–Crippen LogP) is 4.65. The summed E-state index contributed by atoms with van der Waals surface area (Å²) < 4.78 is 5.14. The van der Waals surface area contributed by atoms with Crippen LogP contribution in [0.1, 0.15) is 50.7 Å². The second-order valence-electron chi connectivity index (χ2n) is 9.43. The third kappa shape index (κ3) is 7.98. The summed E-state index contributed by atoms with van der Waals surface area (Å²) in [6.07, 6.45) is 5.54. The van der Waals surface area contributed by atoms with Crippen molar-refractivity contribution in [1.29, 1.82) is 0 Å². The van der Waals surface area contributed by atoms with E-state index in [4.69, 9.17) is 4.74 Å². The summed E-state index contributed by atoms with van der Waals surface area (Å²) in [6, 6.07) is 21.3. The SMILES string of the molecule is CC[C@@H](C)[C@@H]1C(=O)O[C@H]1C(=O)NCCCN(CCCc1ccccc1)CCCc1ccccc1. The maximum Gasteiger partial charge on any atom is 0.314 e. The van der Waals surface area contributed by atoms with Crippen molar-refractivity contribution in [1.82, 2.24) is 10.2 Å². The number of hydrogen-bond donors (Lipinski definition) is 1. The van der Waals surface area contributed by atoms with Gasteiger partial charge in [0.25, 0.3) is 5.91 Å². The molecule has 3 atom stereocenters. The Bertz CT molecular complexity index is 826. The van der Waals surface area contributed by atoms with E-state index in [2.05, 4.69) is 70.9 Å². The maximum atomic E-state index is 12.5. The van der Waals surface area contributed by atoms with Gasteiger partial charge in [-0.25, -0.2) is 0 Å². The highest BCUT2D eigenvalue weighted by Crippen LogP contribution is 2.31. The van der Waals surface area contributed by atoms with Crippen LogP contribution in [-0.2, 0) is 27.2 Å². The molecule has 0 aliphatic carbocycles. The molecule has 1 N–H and O–H groups in total. The lowest BCUT2D eigenvalue weighted by Gasteiger charge is -2.37. The molecule has 1 saturated heterocycles. The summed E-state index contributed by atoms with van der Waals surface area (Å²) in [7, 11) is 0. The van der Waals surface area contributed by atoms with E-state index in [9.17, 15) is 9.59 Å². The fourth-order valence-corrected chi connectivity index (χ4v) is 4.58. The number of benzene rings is 2. The molecule has 0 spiro atoms. The molecule has 1 amide bonds. The molecule has 5 heteroatoms. The van der Waals surface area contributed by atoms with Crippen molar-refractivity contribution >= 4 is 11.9 Å². The predicted molar refractivity (Wildman–Crippen MR) is 136 cm³/mol. The first-order chi connectivity index (χ1) is 16.6. The number of carbonyl (C=O) groups is 2. The Labute approximate surface area is 204 Å². The van der Waals surface area contributed by atoms with E-state index in [-0.39, 0.29) is 23.7 Å². The van der Waals surface area contributed by atoms with Gasteiger partial charge in [0.15, 0.2) is 6.10 Å². The summed E-state index contributed by atoms with van der Waals surface area (Å²) in [6.45, 7) is 7.70. The first-order valence-electron chi connectivity index (χ1n) is 12.9. The zero-order valence-corrected chi connectivity index (χ0v) is 20.7. The van der Waals surface area contributed by atoms with Crippen molar-refractivity contribution in [2.75, 3.05) is 26.2 Å². The Morgan fingerprint density at radius 2 is 1.44 bits per heavy atom. The standard InChI is InChI=1S/C29H40N2O3/c1-3-23(2)26-27(34-29(26)33)28(32)30-19-12-22-31(20-10-17-24-13-6-4-7-14-24)21-11-18-25-15-8-5-9-16-25/h4-9,13-16,23,26-27H,3,10-12,17-22H2,1-2H3,(H,30,32)/t23-,26+,27-/m1/s1. The second kappa shape index (κ2) is 13.9. The van der Waals surface area contributed by atoms with Gasteiger partial charge in [-0.1, -0.05) is 80.9 Å². The highest BCUT2D eigenvalue weighted by molar-refractivity contribution is 5.94. The van der Waals surface area contributed by atoms with Gasteiger partial charge in [-0.15, -0.1) is 0 Å². The molecule has 34 heavy (non-hydrogen) atoms. The van der Waals surface area contributed by atoms with Gasteiger partial charge in [0.2, 0.25) is 0 Å². The minimum Gasteiger partial charge on any atom is -0.451 e. The Balaban J connectivity index is 1.41. The van der Waals surface area contributed by atoms with Crippen molar-refractivity contribution in [3.63, 3.8) is 0 Å². The fraction of sp³-hybridized carbons (Fsp3) is 0.517. The van der Waals surface area contributed by atoms with Gasteiger partial charge >= 0.3 is 5.97 Å². The molecule has 0 bridgehead atoms. The highest BCUT2D eigenvalue weighted by atomic mass is 16.6. The molecule has 5 nitrogen and oxygen atoms in total. The molecule has 0 unspecified atom stereocenters. The van der Waals surface area contributed by atoms with Crippen LogP contribution >= 0.6 is 0 Å². The molecule has 1 aliphatic rings. The Hall–Kier alpha value is -2.66. The van der Waals surface area contributed by atoms with Crippen LogP contribution in [0.25, 0.3) is 0 Å². The Kier molecular flexibility index (Phi) is 10.6.